The number of nitrogens with two attached hydrogens (primary N) is 1. The van der Waals surface area contributed by atoms with Crippen molar-refractivity contribution in [1.29, 1.82) is 0 Å². The highest BCUT2D eigenvalue weighted by Gasteiger charge is 2.47. The van der Waals surface area contributed by atoms with Crippen LogP contribution in [0, 0.1) is 11.8 Å². The lowest BCUT2D eigenvalue weighted by atomic mass is 9.85. The number of carbonyl (C=O) groups excluding carboxylic acids is 4. The van der Waals surface area contributed by atoms with Crippen LogP contribution in [0.2, 0.25) is 0 Å². The third-order valence-corrected chi connectivity index (χ3v) is 4.91. The number of anilines is 1. The summed E-state index contributed by atoms with van der Waals surface area (Å²) >= 11 is 3.23. The number of benzene rings is 1. The zero-order chi connectivity index (χ0) is 18.1. The molecule has 0 bridgehead atoms. The molecule has 0 radical (unpaired) electrons. The smallest absolute Gasteiger partial charge is 0.250 e. The molecule has 0 spiro atoms. The van der Waals surface area contributed by atoms with Gasteiger partial charge in [0, 0.05) is 4.47 Å². The summed E-state index contributed by atoms with van der Waals surface area (Å²) in [6.07, 6.45) is 4.81. The van der Waals surface area contributed by atoms with Crippen LogP contribution in [0.1, 0.15) is 23.2 Å². The fraction of sp³-hybridized carbons (Fsp3) is 0.294. The van der Waals surface area contributed by atoms with E-state index in [1.165, 1.54) is 12.1 Å². The van der Waals surface area contributed by atoms with E-state index in [9.17, 15) is 19.2 Å². The highest BCUT2D eigenvalue weighted by atomic mass is 79.9. The van der Waals surface area contributed by atoms with Crippen molar-refractivity contribution in [2.75, 3.05) is 11.9 Å². The first-order chi connectivity index (χ1) is 11.9. The monoisotopic (exact) mass is 405 g/mol. The Labute approximate surface area is 152 Å². The molecule has 0 unspecified atom stereocenters. The number of amides is 4. The van der Waals surface area contributed by atoms with Crippen molar-refractivity contribution in [2.24, 2.45) is 17.6 Å². The third-order valence-electron chi connectivity index (χ3n) is 4.42. The maximum absolute atomic E-state index is 12.4. The number of nitrogens with zero attached hydrogens (tertiary/aromatic N) is 1. The van der Waals surface area contributed by atoms with Gasteiger partial charge < -0.3 is 11.1 Å². The molecule has 1 fully saturated rings. The minimum Gasteiger partial charge on any atom is -0.366 e. The Morgan fingerprint density at radius 1 is 1.16 bits per heavy atom. The van der Waals surface area contributed by atoms with Crippen molar-refractivity contribution < 1.29 is 19.2 Å². The molecule has 1 aliphatic carbocycles. The third kappa shape index (κ3) is 3.34. The van der Waals surface area contributed by atoms with Gasteiger partial charge >= 0.3 is 0 Å². The molecule has 7 nitrogen and oxygen atoms in total. The zero-order valence-corrected chi connectivity index (χ0v) is 14.8. The second kappa shape index (κ2) is 6.79. The van der Waals surface area contributed by atoms with E-state index in [1.807, 2.05) is 12.2 Å². The molecule has 0 saturated carbocycles. The molecular weight excluding hydrogens is 390 g/mol. The summed E-state index contributed by atoms with van der Waals surface area (Å²) < 4.78 is 0.640. The summed E-state index contributed by atoms with van der Waals surface area (Å²) in [6.45, 7) is -0.376. The quantitative estimate of drug-likeness (QED) is 0.583. The van der Waals surface area contributed by atoms with Gasteiger partial charge in [0.15, 0.2) is 0 Å². The van der Waals surface area contributed by atoms with Gasteiger partial charge in [-0.2, -0.15) is 0 Å². The number of hydrogen-bond donors (Lipinski definition) is 2. The summed E-state index contributed by atoms with van der Waals surface area (Å²) in [4.78, 5) is 49.5. The van der Waals surface area contributed by atoms with E-state index in [0.29, 0.717) is 17.3 Å². The number of allylic oxidation sites excluding steroid dienone is 2. The molecule has 1 saturated heterocycles. The van der Waals surface area contributed by atoms with Crippen LogP contribution in [0.5, 0.6) is 0 Å². The fourth-order valence-corrected chi connectivity index (χ4v) is 3.55. The molecular formula is C17H16BrN3O4. The number of primary amides is 1. The first-order valence-electron chi connectivity index (χ1n) is 7.78. The van der Waals surface area contributed by atoms with E-state index in [0.717, 1.165) is 4.90 Å². The second-order valence-electron chi connectivity index (χ2n) is 6.02. The highest BCUT2D eigenvalue weighted by Crippen LogP contribution is 2.34. The number of hydrogen-bond acceptors (Lipinski definition) is 4. The molecule has 25 heavy (non-hydrogen) atoms. The molecule has 1 aliphatic heterocycles. The van der Waals surface area contributed by atoms with E-state index in [4.69, 9.17) is 5.73 Å². The van der Waals surface area contributed by atoms with Crippen LogP contribution in [-0.4, -0.2) is 35.1 Å². The largest absolute Gasteiger partial charge is 0.366 e. The van der Waals surface area contributed by atoms with Crippen molar-refractivity contribution in [3.05, 3.63) is 40.4 Å². The number of likely N-dealkylation sites (tertiary alicyclic amines) is 1. The summed E-state index contributed by atoms with van der Waals surface area (Å²) in [5.41, 5.74) is 5.68. The Bertz CT molecular complexity index is 779. The van der Waals surface area contributed by atoms with E-state index in [1.54, 1.807) is 6.07 Å². The van der Waals surface area contributed by atoms with Gasteiger partial charge in [0.05, 0.1) is 23.1 Å². The molecule has 8 heteroatoms. The molecule has 130 valence electrons. The lowest BCUT2D eigenvalue weighted by Gasteiger charge is -2.15. The Morgan fingerprint density at radius 3 is 2.32 bits per heavy atom. The number of nitrogens with one attached hydrogen (secondary N) is 1. The Hall–Kier alpha value is -2.48. The molecule has 1 heterocycles. The molecule has 4 amide bonds. The van der Waals surface area contributed by atoms with E-state index in [-0.39, 0.29) is 41.4 Å². The average Bonchev–Trinajstić information content (AvgIpc) is 2.82. The van der Waals surface area contributed by atoms with Crippen LogP contribution in [0.3, 0.4) is 0 Å². The number of imide groups is 1. The number of carbonyl (C=O) groups is 4. The summed E-state index contributed by atoms with van der Waals surface area (Å²) in [5.74, 6) is -2.64. The van der Waals surface area contributed by atoms with E-state index < -0.39 is 11.8 Å². The minimum atomic E-state index is -0.693. The van der Waals surface area contributed by atoms with Gasteiger partial charge in [0.25, 0.3) is 5.91 Å². The maximum atomic E-state index is 12.4. The van der Waals surface area contributed by atoms with Crippen LogP contribution >= 0.6 is 15.9 Å². The molecule has 1 aromatic rings. The summed E-state index contributed by atoms with van der Waals surface area (Å²) in [6, 6.07) is 4.66. The van der Waals surface area contributed by atoms with Crippen LogP contribution in [0.15, 0.2) is 34.8 Å². The van der Waals surface area contributed by atoms with Crippen LogP contribution in [-0.2, 0) is 14.4 Å². The van der Waals surface area contributed by atoms with Crippen LogP contribution in [0.4, 0.5) is 5.69 Å². The second-order valence-corrected chi connectivity index (χ2v) is 6.94. The summed E-state index contributed by atoms with van der Waals surface area (Å²) in [5, 5.41) is 2.55. The molecule has 2 aliphatic rings. The number of fused-ring (bicyclic) bond motifs is 1. The molecule has 2 atom stereocenters. The standard InChI is InChI=1S/C17H16BrN3O4/c18-9-5-6-13(12(7-9)15(19)23)20-14(22)8-21-16(24)10-3-1-2-4-11(10)17(21)25/h1-2,5-7,10-11H,3-4,8H2,(H2,19,23)(H,20,22)/t10-,11+. The maximum Gasteiger partial charge on any atom is 0.250 e. The van der Waals surface area contributed by atoms with Crippen LogP contribution < -0.4 is 11.1 Å². The van der Waals surface area contributed by atoms with Gasteiger partial charge in [-0.25, -0.2) is 0 Å². The lowest BCUT2D eigenvalue weighted by Crippen LogP contribution is -2.38. The first-order valence-corrected chi connectivity index (χ1v) is 8.57. The van der Waals surface area contributed by atoms with Gasteiger partial charge in [-0.1, -0.05) is 28.1 Å². The van der Waals surface area contributed by atoms with Crippen molar-refractivity contribution in [2.45, 2.75) is 12.8 Å². The van der Waals surface area contributed by atoms with Gasteiger partial charge in [0.1, 0.15) is 6.54 Å². The summed E-state index contributed by atoms with van der Waals surface area (Å²) in [7, 11) is 0. The topological polar surface area (TPSA) is 110 Å². The molecule has 1 aromatic carbocycles. The van der Waals surface area contributed by atoms with Gasteiger partial charge in [-0.15, -0.1) is 0 Å². The van der Waals surface area contributed by atoms with E-state index >= 15 is 0 Å². The zero-order valence-electron chi connectivity index (χ0n) is 13.2. The van der Waals surface area contributed by atoms with Gasteiger partial charge in [-0.3, -0.25) is 24.1 Å². The first kappa shape index (κ1) is 17.3. The predicted molar refractivity (Wildman–Crippen MR) is 93.4 cm³/mol. The normalized spacial score (nSPS) is 22.0. The predicted octanol–water partition coefficient (Wildman–Crippen LogP) is 1.44. The molecule has 3 N–H and O–H groups in total. The van der Waals surface area contributed by atoms with Crippen molar-refractivity contribution in [3.8, 4) is 0 Å². The van der Waals surface area contributed by atoms with Gasteiger partial charge in [0.2, 0.25) is 17.7 Å². The number of halogens is 1. The average molecular weight is 406 g/mol. The van der Waals surface area contributed by atoms with Crippen molar-refractivity contribution in [3.63, 3.8) is 0 Å². The van der Waals surface area contributed by atoms with Crippen molar-refractivity contribution >= 4 is 45.2 Å². The Kier molecular flexibility index (Phi) is 4.71. The SMILES string of the molecule is NC(=O)c1cc(Br)ccc1NC(=O)CN1C(=O)[C@H]2CC=CC[C@H]2C1=O. The lowest BCUT2D eigenvalue weighted by molar-refractivity contribution is -0.142. The Morgan fingerprint density at radius 2 is 1.76 bits per heavy atom. The van der Waals surface area contributed by atoms with Crippen LogP contribution in [0.25, 0.3) is 0 Å². The minimum absolute atomic E-state index is 0.139. The highest BCUT2D eigenvalue weighted by molar-refractivity contribution is 9.10. The molecule has 0 aromatic heterocycles. The fourth-order valence-electron chi connectivity index (χ4n) is 3.19. The van der Waals surface area contributed by atoms with Gasteiger partial charge in [-0.05, 0) is 31.0 Å². The van der Waals surface area contributed by atoms with Crippen molar-refractivity contribution in [1.82, 2.24) is 4.90 Å². The van der Waals surface area contributed by atoms with E-state index in [2.05, 4.69) is 21.2 Å². The number of rotatable bonds is 4. The Balaban J connectivity index is 1.73. The molecule has 3 rings (SSSR count).